The first kappa shape index (κ1) is 18.8. The molecule has 0 spiro atoms. The summed E-state index contributed by atoms with van der Waals surface area (Å²) in [4.78, 5) is 12.1. The van der Waals surface area contributed by atoms with Gasteiger partial charge in [0.15, 0.2) is 24.2 Å². The van der Waals surface area contributed by atoms with E-state index in [0.717, 1.165) is 18.6 Å². The number of aryl methyl sites for hydroxylation is 1. The van der Waals surface area contributed by atoms with Crippen LogP contribution < -0.4 is 4.74 Å². The van der Waals surface area contributed by atoms with E-state index in [1.165, 1.54) is 18.2 Å². The molecule has 8 nitrogen and oxygen atoms in total. The molecule has 5 N–H and O–H groups in total. The van der Waals surface area contributed by atoms with Crippen LogP contribution in [0.4, 0.5) is 0 Å². The van der Waals surface area contributed by atoms with Crippen LogP contribution in [0.1, 0.15) is 40.9 Å². The molecule has 2 aromatic rings. The fourth-order valence-electron chi connectivity index (χ4n) is 2.90. The Hall–Kier alpha value is -2.97. The predicted molar refractivity (Wildman–Crippen MR) is 92.7 cm³/mol. The molecule has 8 heteroatoms. The number of benzene rings is 2. The lowest BCUT2D eigenvalue weighted by atomic mass is 10.0. The van der Waals surface area contributed by atoms with Gasteiger partial charge in [0, 0.05) is 5.56 Å². The maximum atomic E-state index is 12.1. The highest BCUT2D eigenvalue weighted by Crippen LogP contribution is 2.45. The quantitative estimate of drug-likeness (QED) is 0.393. The van der Waals surface area contributed by atoms with Gasteiger partial charge in [0.25, 0.3) is 5.79 Å². The highest BCUT2D eigenvalue weighted by molar-refractivity contribution is 5.90. The molecule has 1 aliphatic heterocycles. The summed E-state index contributed by atoms with van der Waals surface area (Å²) < 4.78 is 10.4. The number of aliphatic hydroxyl groups is 2. The van der Waals surface area contributed by atoms with Crippen molar-refractivity contribution in [3.05, 3.63) is 47.0 Å². The SMILES string of the molecule is CCCc1cc2c(cc1O)C(O)C(O)(COC(=O)c1ccc(O)c(O)c1)O2. The lowest BCUT2D eigenvalue weighted by Crippen LogP contribution is -2.43. The van der Waals surface area contributed by atoms with Gasteiger partial charge in [-0.15, -0.1) is 0 Å². The molecule has 0 amide bonds. The molecule has 0 aromatic heterocycles. The number of aromatic hydroxyl groups is 3. The van der Waals surface area contributed by atoms with E-state index < -0.39 is 36.0 Å². The molecule has 1 aliphatic rings. The molecule has 0 saturated carbocycles. The van der Waals surface area contributed by atoms with E-state index in [-0.39, 0.29) is 22.6 Å². The second kappa shape index (κ2) is 6.98. The van der Waals surface area contributed by atoms with Crippen molar-refractivity contribution in [1.29, 1.82) is 0 Å². The van der Waals surface area contributed by atoms with Crippen molar-refractivity contribution in [2.75, 3.05) is 6.61 Å². The van der Waals surface area contributed by atoms with Gasteiger partial charge in [-0.1, -0.05) is 13.3 Å². The van der Waals surface area contributed by atoms with Crippen LogP contribution in [0, 0.1) is 0 Å². The highest BCUT2D eigenvalue weighted by Gasteiger charge is 2.48. The second-order valence-corrected chi connectivity index (χ2v) is 6.40. The fraction of sp³-hybridized carbons (Fsp3) is 0.316. The zero-order valence-electron chi connectivity index (χ0n) is 14.5. The number of ether oxygens (including phenoxy) is 2. The smallest absolute Gasteiger partial charge is 0.338 e. The molecular formula is C19H20O8. The van der Waals surface area contributed by atoms with Gasteiger partial charge in [0.2, 0.25) is 0 Å². The summed E-state index contributed by atoms with van der Waals surface area (Å²) >= 11 is 0. The third-order valence-electron chi connectivity index (χ3n) is 4.36. The number of esters is 1. The molecule has 144 valence electrons. The lowest BCUT2D eigenvalue weighted by Gasteiger charge is -2.25. The number of fused-ring (bicyclic) bond motifs is 1. The van der Waals surface area contributed by atoms with Crippen molar-refractivity contribution in [1.82, 2.24) is 0 Å². The van der Waals surface area contributed by atoms with E-state index in [2.05, 4.69) is 0 Å². The molecule has 0 radical (unpaired) electrons. The summed E-state index contributed by atoms with van der Waals surface area (Å²) in [7, 11) is 0. The molecule has 3 rings (SSSR count). The first-order valence-corrected chi connectivity index (χ1v) is 8.39. The van der Waals surface area contributed by atoms with E-state index in [4.69, 9.17) is 9.47 Å². The standard InChI is InChI=1S/C19H20O8/c1-2-3-10-7-16-12(8-14(10)21)17(23)19(25,27-16)9-26-18(24)11-4-5-13(20)15(22)6-11/h4-8,17,20-23,25H,2-3,9H2,1H3. The zero-order valence-corrected chi connectivity index (χ0v) is 14.5. The number of carbonyl (C=O) groups is 1. The van der Waals surface area contributed by atoms with E-state index in [1.807, 2.05) is 6.92 Å². The number of hydrogen-bond donors (Lipinski definition) is 5. The van der Waals surface area contributed by atoms with Crippen LogP contribution in [0.25, 0.3) is 0 Å². The van der Waals surface area contributed by atoms with Gasteiger partial charge in [-0.2, -0.15) is 0 Å². The van der Waals surface area contributed by atoms with E-state index >= 15 is 0 Å². The van der Waals surface area contributed by atoms with E-state index in [9.17, 15) is 30.3 Å². The zero-order chi connectivity index (χ0) is 19.8. The molecule has 0 fully saturated rings. The third kappa shape index (κ3) is 3.49. The normalized spacial score (nSPS) is 20.8. The largest absolute Gasteiger partial charge is 0.508 e. The first-order valence-electron chi connectivity index (χ1n) is 8.39. The van der Waals surface area contributed by atoms with Crippen molar-refractivity contribution in [3.63, 3.8) is 0 Å². The number of phenols is 3. The summed E-state index contributed by atoms with van der Waals surface area (Å²) in [6.07, 6.45) is -0.151. The molecule has 2 atom stereocenters. The van der Waals surface area contributed by atoms with Gasteiger partial charge in [0.05, 0.1) is 5.56 Å². The first-order chi connectivity index (χ1) is 12.7. The minimum absolute atomic E-state index is 0.0148. The highest BCUT2D eigenvalue weighted by atomic mass is 16.7. The molecule has 0 bridgehead atoms. The molecule has 2 aromatic carbocycles. The van der Waals surface area contributed by atoms with Crippen LogP contribution in [0.5, 0.6) is 23.0 Å². The predicted octanol–water partition coefficient (Wildman–Crippen LogP) is 1.73. The second-order valence-electron chi connectivity index (χ2n) is 6.40. The fourth-order valence-corrected chi connectivity index (χ4v) is 2.90. The Morgan fingerprint density at radius 3 is 2.56 bits per heavy atom. The maximum Gasteiger partial charge on any atom is 0.338 e. The number of phenolic OH excluding ortho intramolecular Hbond substituents is 3. The Balaban J connectivity index is 1.74. The maximum absolute atomic E-state index is 12.1. The molecule has 0 saturated heterocycles. The summed E-state index contributed by atoms with van der Waals surface area (Å²) in [6, 6.07) is 6.22. The van der Waals surface area contributed by atoms with Crippen molar-refractivity contribution in [3.8, 4) is 23.0 Å². The van der Waals surface area contributed by atoms with Crippen LogP contribution in [0.2, 0.25) is 0 Å². The Morgan fingerprint density at radius 2 is 1.89 bits per heavy atom. The van der Waals surface area contributed by atoms with Gasteiger partial charge in [-0.25, -0.2) is 4.79 Å². The molecule has 27 heavy (non-hydrogen) atoms. The van der Waals surface area contributed by atoms with Crippen LogP contribution in [0.15, 0.2) is 30.3 Å². The number of carbonyl (C=O) groups excluding carboxylic acids is 1. The monoisotopic (exact) mass is 376 g/mol. The van der Waals surface area contributed by atoms with E-state index in [1.54, 1.807) is 0 Å². The number of hydrogen-bond acceptors (Lipinski definition) is 8. The Kier molecular flexibility index (Phi) is 4.86. The van der Waals surface area contributed by atoms with Crippen LogP contribution in [-0.2, 0) is 11.2 Å². The van der Waals surface area contributed by atoms with Crippen LogP contribution in [0.3, 0.4) is 0 Å². The van der Waals surface area contributed by atoms with Gasteiger partial charge in [-0.05, 0) is 42.3 Å². The summed E-state index contributed by atoms with van der Waals surface area (Å²) in [6.45, 7) is 1.26. The van der Waals surface area contributed by atoms with Crippen molar-refractivity contribution in [2.24, 2.45) is 0 Å². The Labute approximate surface area is 154 Å². The molecule has 1 heterocycles. The third-order valence-corrected chi connectivity index (χ3v) is 4.36. The topological polar surface area (TPSA) is 137 Å². The molecular weight excluding hydrogens is 356 g/mol. The number of rotatable bonds is 5. The minimum atomic E-state index is -2.21. The van der Waals surface area contributed by atoms with Crippen LogP contribution >= 0.6 is 0 Å². The average Bonchev–Trinajstić information content (AvgIpc) is 2.87. The van der Waals surface area contributed by atoms with Crippen LogP contribution in [-0.4, -0.2) is 43.9 Å². The van der Waals surface area contributed by atoms with Gasteiger partial charge >= 0.3 is 5.97 Å². The lowest BCUT2D eigenvalue weighted by molar-refractivity contribution is -0.211. The Bertz CT molecular complexity index is 878. The molecule has 2 unspecified atom stereocenters. The minimum Gasteiger partial charge on any atom is -0.508 e. The summed E-state index contributed by atoms with van der Waals surface area (Å²) in [5.41, 5.74) is 0.749. The number of aliphatic hydroxyl groups excluding tert-OH is 1. The van der Waals surface area contributed by atoms with Crippen molar-refractivity contribution in [2.45, 2.75) is 31.7 Å². The van der Waals surface area contributed by atoms with Crippen molar-refractivity contribution < 1.29 is 39.8 Å². The summed E-state index contributed by atoms with van der Waals surface area (Å²) in [5, 5.41) is 49.7. The molecule has 0 aliphatic carbocycles. The van der Waals surface area contributed by atoms with E-state index in [0.29, 0.717) is 12.0 Å². The van der Waals surface area contributed by atoms with Crippen molar-refractivity contribution >= 4 is 5.97 Å². The van der Waals surface area contributed by atoms with Gasteiger partial charge in [-0.3, -0.25) is 0 Å². The summed E-state index contributed by atoms with van der Waals surface area (Å²) in [5.74, 6) is -3.80. The average molecular weight is 376 g/mol. The Morgan fingerprint density at radius 1 is 1.15 bits per heavy atom. The van der Waals surface area contributed by atoms with Gasteiger partial charge < -0.3 is 35.0 Å². The van der Waals surface area contributed by atoms with Gasteiger partial charge in [0.1, 0.15) is 11.5 Å².